The third kappa shape index (κ3) is 2.71. The minimum Gasteiger partial charge on any atom is -0.393 e. The normalized spacial score (nSPS) is 10.0. The molecule has 1 heterocycles. The summed E-state index contributed by atoms with van der Waals surface area (Å²) >= 11 is 5.69. The molecule has 13 heavy (non-hydrogen) atoms. The van der Waals surface area contributed by atoms with Crippen molar-refractivity contribution in [1.29, 1.82) is 0 Å². The van der Waals surface area contributed by atoms with E-state index in [1.165, 1.54) is 6.33 Å². The highest BCUT2D eigenvalue weighted by Crippen LogP contribution is 2.21. The Morgan fingerprint density at radius 2 is 2.23 bits per heavy atom. The summed E-state index contributed by atoms with van der Waals surface area (Å²) in [6, 6.07) is 0. The van der Waals surface area contributed by atoms with Crippen LogP contribution >= 0.6 is 11.6 Å². The van der Waals surface area contributed by atoms with Crippen molar-refractivity contribution in [2.45, 2.75) is 6.42 Å². The van der Waals surface area contributed by atoms with Crippen molar-refractivity contribution in [2.75, 3.05) is 24.1 Å². The number of hydrogen-bond acceptors (Lipinski definition) is 5. The standard InChI is InChI=1S/C7H12ClN5/c8-6-5(10)7(13-4-12-6)11-3-1-2-9/h4H,1-3,9-10H2,(H,11,12,13). The first kappa shape index (κ1) is 10.0. The van der Waals surface area contributed by atoms with Gasteiger partial charge in [0.05, 0.1) is 0 Å². The summed E-state index contributed by atoms with van der Waals surface area (Å²) in [6.07, 6.45) is 2.23. The van der Waals surface area contributed by atoms with Crippen molar-refractivity contribution in [1.82, 2.24) is 9.97 Å². The third-order valence-corrected chi connectivity index (χ3v) is 1.81. The summed E-state index contributed by atoms with van der Waals surface area (Å²) in [5.74, 6) is 0.563. The van der Waals surface area contributed by atoms with E-state index in [4.69, 9.17) is 23.1 Å². The number of halogens is 1. The molecule has 0 saturated heterocycles. The lowest BCUT2D eigenvalue weighted by atomic mass is 10.4. The van der Waals surface area contributed by atoms with Crippen LogP contribution in [0.4, 0.5) is 11.5 Å². The SMILES string of the molecule is NCCCNc1ncnc(Cl)c1N. The molecule has 0 atom stereocenters. The molecule has 0 aromatic carbocycles. The van der Waals surface area contributed by atoms with E-state index in [2.05, 4.69) is 15.3 Å². The number of nitrogen functional groups attached to an aromatic ring is 1. The number of hydrogen-bond donors (Lipinski definition) is 3. The summed E-state index contributed by atoms with van der Waals surface area (Å²) in [4.78, 5) is 7.67. The summed E-state index contributed by atoms with van der Waals surface area (Å²) < 4.78 is 0. The van der Waals surface area contributed by atoms with Gasteiger partial charge in [0.15, 0.2) is 11.0 Å². The largest absolute Gasteiger partial charge is 0.393 e. The molecule has 0 aliphatic rings. The van der Waals surface area contributed by atoms with Crippen LogP contribution in [-0.4, -0.2) is 23.1 Å². The molecule has 0 unspecified atom stereocenters. The zero-order valence-corrected chi connectivity index (χ0v) is 7.88. The van der Waals surface area contributed by atoms with Crippen LogP contribution in [0.25, 0.3) is 0 Å². The lowest BCUT2D eigenvalue weighted by Gasteiger charge is -2.06. The fraction of sp³-hybridized carbons (Fsp3) is 0.429. The van der Waals surface area contributed by atoms with Gasteiger partial charge in [-0.1, -0.05) is 11.6 Å². The molecule has 0 fully saturated rings. The van der Waals surface area contributed by atoms with Gasteiger partial charge in [-0.05, 0) is 13.0 Å². The van der Waals surface area contributed by atoms with Crippen molar-refractivity contribution in [3.05, 3.63) is 11.5 Å². The van der Waals surface area contributed by atoms with Crippen LogP contribution in [0.15, 0.2) is 6.33 Å². The monoisotopic (exact) mass is 201 g/mol. The van der Waals surface area contributed by atoms with E-state index < -0.39 is 0 Å². The highest BCUT2D eigenvalue weighted by Gasteiger charge is 2.03. The average molecular weight is 202 g/mol. The molecule has 6 heteroatoms. The van der Waals surface area contributed by atoms with Gasteiger partial charge in [0.2, 0.25) is 0 Å². The van der Waals surface area contributed by atoms with Crippen LogP contribution in [0.2, 0.25) is 5.15 Å². The molecule has 0 aliphatic heterocycles. The van der Waals surface area contributed by atoms with Crippen molar-refractivity contribution in [3.8, 4) is 0 Å². The summed E-state index contributed by atoms with van der Waals surface area (Å²) in [5.41, 5.74) is 11.3. The molecule has 72 valence electrons. The van der Waals surface area contributed by atoms with Crippen molar-refractivity contribution < 1.29 is 0 Å². The average Bonchev–Trinajstić information content (AvgIpc) is 2.13. The molecular formula is C7H12ClN5. The zero-order valence-electron chi connectivity index (χ0n) is 7.13. The van der Waals surface area contributed by atoms with Gasteiger partial charge in [0, 0.05) is 6.54 Å². The number of nitrogens with one attached hydrogen (secondary N) is 1. The van der Waals surface area contributed by atoms with Crippen LogP contribution in [0.1, 0.15) is 6.42 Å². The van der Waals surface area contributed by atoms with Gasteiger partial charge < -0.3 is 16.8 Å². The van der Waals surface area contributed by atoms with Gasteiger partial charge >= 0.3 is 0 Å². The molecule has 1 aromatic rings. The summed E-state index contributed by atoms with van der Waals surface area (Å²) in [6.45, 7) is 1.36. The Kier molecular flexibility index (Phi) is 3.72. The Hall–Kier alpha value is -1.07. The smallest absolute Gasteiger partial charge is 0.157 e. The van der Waals surface area contributed by atoms with E-state index in [0.717, 1.165) is 13.0 Å². The van der Waals surface area contributed by atoms with Gasteiger partial charge in [-0.25, -0.2) is 9.97 Å². The maximum absolute atomic E-state index is 5.69. The first-order valence-corrected chi connectivity index (χ1v) is 4.33. The van der Waals surface area contributed by atoms with Crippen LogP contribution in [-0.2, 0) is 0 Å². The van der Waals surface area contributed by atoms with Crippen LogP contribution in [0.5, 0.6) is 0 Å². The molecule has 1 rings (SSSR count). The fourth-order valence-electron chi connectivity index (χ4n) is 0.824. The molecule has 0 amide bonds. The minimum absolute atomic E-state index is 0.269. The Morgan fingerprint density at radius 3 is 2.92 bits per heavy atom. The minimum atomic E-state index is 0.269. The van der Waals surface area contributed by atoms with Gasteiger partial charge in [-0.2, -0.15) is 0 Å². The van der Waals surface area contributed by atoms with E-state index in [-0.39, 0.29) is 5.15 Å². The topological polar surface area (TPSA) is 89.8 Å². The number of aromatic nitrogens is 2. The second kappa shape index (κ2) is 4.84. The third-order valence-electron chi connectivity index (χ3n) is 1.51. The number of nitrogens with zero attached hydrogens (tertiary/aromatic N) is 2. The Labute approximate surface area is 81.5 Å². The van der Waals surface area contributed by atoms with Crippen LogP contribution in [0, 0.1) is 0 Å². The Morgan fingerprint density at radius 1 is 1.46 bits per heavy atom. The predicted molar refractivity (Wildman–Crippen MR) is 53.6 cm³/mol. The molecule has 5 nitrogen and oxygen atoms in total. The molecule has 5 N–H and O–H groups in total. The first-order chi connectivity index (χ1) is 6.25. The fourth-order valence-corrected chi connectivity index (χ4v) is 0.957. The van der Waals surface area contributed by atoms with Crippen molar-refractivity contribution in [2.24, 2.45) is 5.73 Å². The summed E-state index contributed by atoms with van der Waals surface area (Å²) in [5, 5.41) is 3.28. The molecule has 0 saturated carbocycles. The van der Waals surface area contributed by atoms with Gasteiger partial charge in [-0.3, -0.25) is 0 Å². The lowest BCUT2D eigenvalue weighted by molar-refractivity contribution is 0.869. The first-order valence-electron chi connectivity index (χ1n) is 3.95. The Balaban J connectivity index is 2.61. The molecule has 0 aliphatic carbocycles. The maximum Gasteiger partial charge on any atom is 0.157 e. The second-order valence-corrected chi connectivity index (χ2v) is 2.85. The molecule has 0 bridgehead atoms. The predicted octanol–water partition coefficient (Wildman–Crippen LogP) is 0.473. The van der Waals surface area contributed by atoms with E-state index in [9.17, 15) is 0 Å². The van der Waals surface area contributed by atoms with E-state index in [0.29, 0.717) is 18.1 Å². The molecule has 0 radical (unpaired) electrons. The van der Waals surface area contributed by atoms with E-state index >= 15 is 0 Å². The van der Waals surface area contributed by atoms with Crippen molar-refractivity contribution >= 4 is 23.1 Å². The molecular weight excluding hydrogens is 190 g/mol. The lowest BCUT2D eigenvalue weighted by Crippen LogP contribution is -2.11. The number of rotatable bonds is 4. The van der Waals surface area contributed by atoms with E-state index in [1.54, 1.807) is 0 Å². The number of anilines is 2. The van der Waals surface area contributed by atoms with E-state index in [1.807, 2.05) is 0 Å². The highest BCUT2D eigenvalue weighted by atomic mass is 35.5. The number of nitrogens with two attached hydrogens (primary N) is 2. The highest BCUT2D eigenvalue weighted by molar-refractivity contribution is 6.32. The van der Waals surface area contributed by atoms with Gasteiger partial charge in [0.25, 0.3) is 0 Å². The van der Waals surface area contributed by atoms with Crippen molar-refractivity contribution in [3.63, 3.8) is 0 Å². The summed E-state index contributed by atoms with van der Waals surface area (Å²) in [7, 11) is 0. The van der Waals surface area contributed by atoms with Gasteiger partial charge in [-0.15, -0.1) is 0 Å². The second-order valence-electron chi connectivity index (χ2n) is 2.50. The van der Waals surface area contributed by atoms with Gasteiger partial charge in [0.1, 0.15) is 12.0 Å². The molecule has 0 spiro atoms. The quantitative estimate of drug-likeness (QED) is 0.487. The maximum atomic E-state index is 5.69. The van der Waals surface area contributed by atoms with Crippen LogP contribution in [0.3, 0.4) is 0 Å². The Bertz CT molecular complexity index is 278. The zero-order chi connectivity index (χ0) is 9.68. The van der Waals surface area contributed by atoms with Crippen LogP contribution < -0.4 is 16.8 Å². The molecule has 1 aromatic heterocycles.